The van der Waals surface area contributed by atoms with Crippen LogP contribution in [0.3, 0.4) is 0 Å². The van der Waals surface area contributed by atoms with Gasteiger partial charge >= 0.3 is 7.60 Å². The molecule has 0 amide bonds. The number of unbranched alkanes of at least 4 members (excludes halogenated alkanes) is 1. The van der Waals surface area contributed by atoms with Crippen molar-refractivity contribution in [2.75, 3.05) is 18.5 Å². The Bertz CT molecular complexity index is 891. The first-order chi connectivity index (χ1) is 14.6. The van der Waals surface area contributed by atoms with E-state index in [1.54, 1.807) is 17.8 Å². The van der Waals surface area contributed by atoms with Gasteiger partial charge in [-0.2, -0.15) is 0 Å². The Morgan fingerprint density at radius 2 is 1.87 bits per heavy atom. The highest BCUT2D eigenvalue weighted by Crippen LogP contribution is 2.35. The zero-order chi connectivity index (χ0) is 22.9. The van der Waals surface area contributed by atoms with Gasteiger partial charge in [-0.15, -0.1) is 11.8 Å². The van der Waals surface area contributed by atoms with Crippen molar-refractivity contribution in [2.45, 2.75) is 56.4 Å². The quantitative estimate of drug-likeness (QED) is 0.174. The molecule has 2 rings (SSSR count). The lowest BCUT2D eigenvalue weighted by Crippen LogP contribution is -2.18. The van der Waals surface area contributed by atoms with E-state index in [0.29, 0.717) is 24.5 Å². The minimum atomic E-state index is -3.92. The van der Waals surface area contributed by atoms with Gasteiger partial charge in [0, 0.05) is 11.4 Å². The average Bonchev–Trinajstić information content (AvgIpc) is 2.68. The van der Waals surface area contributed by atoms with E-state index in [-0.39, 0.29) is 17.4 Å². The van der Waals surface area contributed by atoms with Gasteiger partial charge < -0.3 is 15.1 Å². The molecule has 0 aliphatic rings. The van der Waals surface area contributed by atoms with Crippen LogP contribution >= 0.6 is 31.0 Å². The number of thioether (sulfide) groups is 1. The molecule has 0 fully saturated rings. The molecule has 172 valence electrons. The van der Waals surface area contributed by atoms with Crippen molar-refractivity contribution in [3.05, 3.63) is 64.4 Å². The zero-order valence-electron chi connectivity index (χ0n) is 18.1. The molecule has 0 aromatic heterocycles. The second-order valence-electron chi connectivity index (χ2n) is 8.35. The Kier molecular flexibility index (Phi) is 10.5. The molecule has 0 bridgehead atoms. The number of hydrogen-bond acceptors (Lipinski definition) is 3. The van der Waals surface area contributed by atoms with Crippen molar-refractivity contribution < 1.29 is 18.7 Å². The first kappa shape index (κ1) is 26.4. The van der Waals surface area contributed by atoms with E-state index in [0.717, 1.165) is 41.0 Å². The van der Waals surface area contributed by atoms with Crippen molar-refractivity contribution in [1.82, 2.24) is 5.32 Å². The lowest BCUT2D eigenvalue weighted by Gasteiger charge is -2.25. The molecule has 3 N–H and O–H groups in total. The van der Waals surface area contributed by atoms with Crippen LogP contribution in [0.2, 0.25) is 5.02 Å². The fraction of sp³-hybridized carbons (Fsp3) is 0.478. The molecule has 31 heavy (non-hydrogen) atoms. The maximum atomic E-state index is 14.1. The van der Waals surface area contributed by atoms with Crippen molar-refractivity contribution in [2.24, 2.45) is 0 Å². The van der Waals surface area contributed by atoms with Crippen LogP contribution < -0.4 is 5.32 Å². The van der Waals surface area contributed by atoms with E-state index < -0.39 is 7.60 Å². The number of rotatable bonds is 13. The van der Waals surface area contributed by atoms with Crippen LogP contribution in [0.1, 0.15) is 50.7 Å². The summed E-state index contributed by atoms with van der Waals surface area (Å²) in [4.78, 5) is 18.8. The fourth-order valence-corrected chi connectivity index (χ4v) is 5.28. The summed E-state index contributed by atoms with van der Waals surface area (Å²) < 4.78 is 24.9. The molecule has 0 heterocycles. The van der Waals surface area contributed by atoms with Gasteiger partial charge in [0.1, 0.15) is 5.82 Å². The molecule has 0 aliphatic heterocycles. The van der Waals surface area contributed by atoms with Gasteiger partial charge in [0.15, 0.2) is 0 Å². The summed E-state index contributed by atoms with van der Waals surface area (Å²) in [5.41, 5.74) is 1.63. The molecule has 0 aliphatic carbocycles. The highest BCUT2D eigenvalue weighted by atomic mass is 35.5. The van der Waals surface area contributed by atoms with Crippen molar-refractivity contribution in [1.29, 1.82) is 0 Å². The molecule has 0 saturated carbocycles. The number of halogens is 2. The maximum Gasteiger partial charge on any atom is 0.325 e. The fourth-order valence-electron chi connectivity index (χ4n) is 3.41. The third-order valence-corrected chi connectivity index (χ3v) is 7.67. The topological polar surface area (TPSA) is 69.6 Å². The lowest BCUT2D eigenvalue weighted by atomic mass is 9.80. The van der Waals surface area contributed by atoms with Crippen LogP contribution in [-0.2, 0) is 16.5 Å². The van der Waals surface area contributed by atoms with Gasteiger partial charge in [-0.3, -0.25) is 4.57 Å². The molecule has 4 nitrogen and oxygen atoms in total. The molecule has 0 radical (unpaired) electrons. The molecule has 2 aromatic rings. The Hall–Kier alpha value is -0.880. The highest BCUT2D eigenvalue weighted by Gasteiger charge is 2.23. The normalized spacial score (nSPS) is 12.3. The van der Waals surface area contributed by atoms with Crippen LogP contribution in [0.5, 0.6) is 0 Å². The van der Waals surface area contributed by atoms with E-state index in [9.17, 15) is 8.96 Å². The lowest BCUT2D eigenvalue weighted by molar-refractivity contribution is 0.371. The van der Waals surface area contributed by atoms with Crippen molar-refractivity contribution in [3.8, 4) is 0 Å². The summed E-state index contributed by atoms with van der Waals surface area (Å²) in [6.45, 7) is 5.34. The zero-order valence-corrected chi connectivity index (χ0v) is 20.6. The van der Waals surface area contributed by atoms with E-state index in [1.807, 2.05) is 30.3 Å². The number of hydrogen-bond donors (Lipinski definition) is 3. The molecule has 2 aromatic carbocycles. The second-order valence-corrected chi connectivity index (χ2v) is 11.7. The molecular formula is C23H32ClFNO3PS. The minimum Gasteiger partial charge on any atom is -0.324 e. The summed E-state index contributed by atoms with van der Waals surface area (Å²) in [7, 11) is -3.92. The van der Waals surface area contributed by atoms with Crippen LogP contribution in [0, 0.1) is 5.82 Å². The summed E-state index contributed by atoms with van der Waals surface area (Å²) in [5.74, 6) is 0.817. The summed E-state index contributed by atoms with van der Waals surface area (Å²) >= 11 is 8.15. The Balaban J connectivity index is 1.70. The monoisotopic (exact) mass is 487 g/mol. The SMILES string of the molecule is CC(C)(CCCCSc1ccc(CNCCCP(=O)(O)O)cc1Cl)c1ccccc1F. The molecular weight excluding hydrogens is 456 g/mol. The van der Waals surface area contributed by atoms with E-state index >= 15 is 0 Å². The smallest absolute Gasteiger partial charge is 0.324 e. The van der Waals surface area contributed by atoms with E-state index in [1.165, 1.54) is 6.07 Å². The summed E-state index contributed by atoms with van der Waals surface area (Å²) in [6.07, 6.45) is 3.30. The Labute approximate surface area is 194 Å². The Morgan fingerprint density at radius 1 is 1.13 bits per heavy atom. The van der Waals surface area contributed by atoms with E-state index in [4.69, 9.17) is 21.4 Å². The number of nitrogens with one attached hydrogen (secondary N) is 1. The largest absolute Gasteiger partial charge is 0.325 e. The average molecular weight is 488 g/mol. The Morgan fingerprint density at radius 3 is 2.55 bits per heavy atom. The van der Waals surface area contributed by atoms with Crippen molar-refractivity contribution >= 4 is 31.0 Å². The molecule has 0 saturated heterocycles. The van der Waals surface area contributed by atoms with Crippen LogP contribution in [0.25, 0.3) is 0 Å². The van der Waals surface area contributed by atoms with Gasteiger partial charge in [0.25, 0.3) is 0 Å². The highest BCUT2D eigenvalue weighted by molar-refractivity contribution is 7.99. The van der Waals surface area contributed by atoms with Crippen LogP contribution in [0.4, 0.5) is 4.39 Å². The first-order valence-electron chi connectivity index (χ1n) is 10.5. The second kappa shape index (κ2) is 12.4. The predicted molar refractivity (Wildman–Crippen MR) is 129 cm³/mol. The third kappa shape index (κ3) is 9.65. The van der Waals surface area contributed by atoms with Gasteiger partial charge in [0.05, 0.1) is 11.2 Å². The number of benzene rings is 2. The first-order valence-corrected chi connectivity index (χ1v) is 13.7. The van der Waals surface area contributed by atoms with Crippen LogP contribution in [0.15, 0.2) is 47.4 Å². The summed E-state index contributed by atoms with van der Waals surface area (Å²) in [5, 5.41) is 3.89. The predicted octanol–water partition coefficient (Wildman–Crippen LogP) is 6.38. The third-order valence-electron chi connectivity index (χ3n) is 5.19. The molecule has 0 atom stereocenters. The van der Waals surface area contributed by atoms with Gasteiger partial charge in [-0.05, 0) is 66.3 Å². The molecule has 0 spiro atoms. The molecule has 0 unspecified atom stereocenters. The minimum absolute atomic E-state index is 0.103. The standard InChI is InChI=1S/C23H32ClFNO3PS/c1-23(2,19-8-3-4-9-21(19)25)12-5-6-15-31-22-11-10-18(16-20(22)24)17-26-13-7-14-30(27,28)29/h3-4,8-11,16,26H,5-7,12-15,17H2,1-2H3,(H2,27,28,29). The summed E-state index contributed by atoms with van der Waals surface area (Å²) in [6, 6.07) is 13.0. The van der Waals surface area contributed by atoms with E-state index in [2.05, 4.69) is 19.2 Å². The van der Waals surface area contributed by atoms with Gasteiger partial charge in [-0.1, -0.05) is 56.1 Å². The van der Waals surface area contributed by atoms with Gasteiger partial charge in [0.2, 0.25) is 0 Å². The molecule has 8 heteroatoms. The van der Waals surface area contributed by atoms with Crippen LogP contribution in [-0.4, -0.2) is 28.2 Å². The maximum absolute atomic E-state index is 14.1. The van der Waals surface area contributed by atoms with Gasteiger partial charge in [-0.25, -0.2) is 4.39 Å². The van der Waals surface area contributed by atoms with Crippen molar-refractivity contribution in [3.63, 3.8) is 0 Å².